The third kappa shape index (κ3) is 3.71. The molecule has 0 radical (unpaired) electrons. The van der Waals surface area contributed by atoms with Gasteiger partial charge in [-0.05, 0) is 20.8 Å². The maximum Gasteiger partial charge on any atom is 0.239 e. The van der Waals surface area contributed by atoms with Crippen LogP contribution in [0, 0.1) is 0 Å². The van der Waals surface area contributed by atoms with Crippen LogP contribution in [0.15, 0.2) is 12.1 Å². The standard InChI is InChI=1S/C15H23N3O3/c1-4-18(9-15(19)17-10(2)3)12-8-14-13(7-11(12)16)20-5-6-21-14/h7-8,10H,4-6,9,16H2,1-3H3,(H,17,19). The molecule has 1 aromatic rings. The van der Waals surface area contributed by atoms with Crippen molar-refractivity contribution in [3.05, 3.63) is 12.1 Å². The highest BCUT2D eigenvalue weighted by atomic mass is 16.6. The summed E-state index contributed by atoms with van der Waals surface area (Å²) in [6.07, 6.45) is 0. The molecule has 1 heterocycles. The van der Waals surface area contributed by atoms with Crippen molar-refractivity contribution in [2.45, 2.75) is 26.8 Å². The van der Waals surface area contributed by atoms with Crippen LogP contribution in [0.1, 0.15) is 20.8 Å². The van der Waals surface area contributed by atoms with Crippen LogP contribution in [0.3, 0.4) is 0 Å². The quantitative estimate of drug-likeness (QED) is 0.802. The highest BCUT2D eigenvalue weighted by Gasteiger charge is 2.19. The van der Waals surface area contributed by atoms with Gasteiger partial charge < -0.3 is 25.4 Å². The number of hydrogen-bond donors (Lipinski definition) is 2. The predicted molar refractivity (Wildman–Crippen MR) is 83.0 cm³/mol. The number of amides is 1. The van der Waals surface area contributed by atoms with Crippen molar-refractivity contribution in [1.29, 1.82) is 0 Å². The van der Waals surface area contributed by atoms with Gasteiger partial charge in [-0.1, -0.05) is 0 Å². The average Bonchev–Trinajstić information content (AvgIpc) is 2.43. The predicted octanol–water partition coefficient (Wildman–Crippen LogP) is 1.39. The minimum atomic E-state index is -0.0267. The Labute approximate surface area is 125 Å². The fourth-order valence-electron chi connectivity index (χ4n) is 2.28. The van der Waals surface area contributed by atoms with Crippen molar-refractivity contribution in [2.75, 3.05) is 36.9 Å². The first-order valence-electron chi connectivity index (χ1n) is 7.24. The Kier molecular flexibility index (Phi) is 4.77. The second kappa shape index (κ2) is 6.56. The van der Waals surface area contributed by atoms with Crippen molar-refractivity contribution >= 4 is 17.3 Å². The third-order valence-corrected chi connectivity index (χ3v) is 3.20. The molecule has 2 rings (SSSR count). The Morgan fingerprint density at radius 2 is 1.95 bits per heavy atom. The Morgan fingerprint density at radius 1 is 1.33 bits per heavy atom. The number of nitrogens with two attached hydrogens (primary N) is 1. The lowest BCUT2D eigenvalue weighted by atomic mass is 10.2. The molecule has 0 fully saturated rings. The molecule has 0 aliphatic carbocycles. The number of rotatable bonds is 5. The number of nitrogens with zero attached hydrogens (tertiary/aromatic N) is 1. The van der Waals surface area contributed by atoms with Gasteiger partial charge in [-0.2, -0.15) is 0 Å². The van der Waals surface area contributed by atoms with Gasteiger partial charge in [-0.15, -0.1) is 0 Å². The molecule has 6 nitrogen and oxygen atoms in total. The van der Waals surface area contributed by atoms with Gasteiger partial charge in [-0.25, -0.2) is 0 Å². The normalized spacial score (nSPS) is 13.1. The molecule has 1 aliphatic rings. The summed E-state index contributed by atoms with van der Waals surface area (Å²) in [6, 6.07) is 3.72. The maximum atomic E-state index is 11.9. The molecule has 0 unspecified atom stereocenters. The lowest BCUT2D eigenvalue weighted by Gasteiger charge is -2.27. The molecule has 0 spiro atoms. The molecule has 1 aromatic carbocycles. The molecule has 0 bridgehead atoms. The molecular weight excluding hydrogens is 270 g/mol. The van der Waals surface area contributed by atoms with E-state index in [1.54, 1.807) is 6.07 Å². The van der Waals surface area contributed by atoms with Crippen LogP contribution in [-0.2, 0) is 4.79 Å². The Balaban J connectivity index is 2.19. The van der Waals surface area contributed by atoms with E-state index in [1.807, 2.05) is 31.7 Å². The summed E-state index contributed by atoms with van der Waals surface area (Å²) in [5.74, 6) is 1.31. The lowest BCUT2D eigenvalue weighted by Crippen LogP contribution is -2.40. The van der Waals surface area contributed by atoms with Crippen molar-refractivity contribution in [2.24, 2.45) is 0 Å². The van der Waals surface area contributed by atoms with Crippen molar-refractivity contribution in [1.82, 2.24) is 5.32 Å². The van der Waals surface area contributed by atoms with Crippen LogP contribution in [0.25, 0.3) is 0 Å². The second-order valence-electron chi connectivity index (χ2n) is 5.29. The minimum absolute atomic E-state index is 0.0267. The summed E-state index contributed by atoms with van der Waals surface area (Å²) >= 11 is 0. The van der Waals surface area contributed by atoms with Gasteiger partial charge in [0.2, 0.25) is 5.91 Å². The van der Waals surface area contributed by atoms with Crippen LogP contribution in [0.4, 0.5) is 11.4 Å². The largest absolute Gasteiger partial charge is 0.486 e. The van der Waals surface area contributed by atoms with Gasteiger partial charge in [0.25, 0.3) is 0 Å². The second-order valence-corrected chi connectivity index (χ2v) is 5.29. The van der Waals surface area contributed by atoms with E-state index in [-0.39, 0.29) is 18.5 Å². The number of benzene rings is 1. The van der Waals surface area contributed by atoms with Gasteiger partial charge in [0.15, 0.2) is 11.5 Å². The molecule has 1 aliphatic heterocycles. The Bertz CT molecular complexity index is 517. The van der Waals surface area contributed by atoms with E-state index in [2.05, 4.69) is 5.32 Å². The number of fused-ring (bicyclic) bond motifs is 1. The number of likely N-dealkylation sites (N-methyl/N-ethyl adjacent to an activating group) is 1. The number of nitrogens with one attached hydrogen (secondary N) is 1. The molecule has 0 aromatic heterocycles. The first-order valence-corrected chi connectivity index (χ1v) is 7.24. The lowest BCUT2D eigenvalue weighted by molar-refractivity contribution is -0.120. The van der Waals surface area contributed by atoms with Gasteiger partial charge in [0.05, 0.1) is 17.9 Å². The van der Waals surface area contributed by atoms with E-state index < -0.39 is 0 Å². The number of nitrogen functional groups attached to an aromatic ring is 1. The van der Waals surface area contributed by atoms with Crippen molar-refractivity contribution in [3.63, 3.8) is 0 Å². The van der Waals surface area contributed by atoms with Gasteiger partial charge >= 0.3 is 0 Å². The number of anilines is 2. The number of carbonyl (C=O) groups excluding carboxylic acids is 1. The van der Waals surface area contributed by atoms with Crippen LogP contribution in [0.2, 0.25) is 0 Å². The van der Waals surface area contributed by atoms with E-state index in [9.17, 15) is 4.79 Å². The zero-order chi connectivity index (χ0) is 15.4. The molecule has 1 amide bonds. The topological polar surface area (TPSA) is 76.8 Å². The first kappa shape index (κ1) is 15.3. The van der Waals surface area contributed by atoms with Crippen LogP contribution >= 0.6 is 0 Å². The Hall–Kier alpha value is -2.11. The number of ether oxygens (including phenoxy) is 2. The summed E-state index contributed by atoms with van der Waals surface area (Å²) in [7, 11) is 0. The van der Waals surface area contributed by atoms with Crippen LogP contribution in [0.5, 0.6) is 11.5 Å². The zero-order valence-corrected chi connectivity index (χ0v) is 12.8. The van der Waals surface area contributed by atoms with E-state index >= 15 is 0 Å². The highest BCUT2D eigenvalue weighted by molar-refractivity contribution is 5.84. The van der Waals surface area contributed by atoms with Crippen molar-refractivity contribution < 1.29 is 14.3 Å². The molecular formula is C15H23N3O3. The summed E-state index contributed by atoms with van der Waals surface area (Å²) in [6.45, 7) is 7.85. The van der Waals surface area contributed by atoms with Crippen LogP contribution < -0.4 is 25.4 Å². The summed E-state index contributed by atoms with van der Waals surface area (Å²) in [5, 5.41) is 2.88. The van der Waals surface area contributed by atoms with E-state index in [1.165, 1.54) is 0 Å². The summed E-state index contributed by atoms with van der Waals surface area (Å²) < 4.78 is 11.1. The van der Waals surface area contributed by atoms with Crippen LogP contribution in [-0.4, -0.2) is 38.3 Å². The molecule has 116 valence electrons. The smallest absolute Gasteiger partial charge is 0.239 e. The summed E-state index contributed by atoms with van der Waals surface area (Å²) in [5.41, 5.74) is 7.46. The minimum Gasteiger partial charge on any atom is -0.486 e. The molecule has 21 heavy (non-hydrogen) atoms. The van der Waals surface area contributed by atoms with E-state index in [4.69, 9.17) is 15.2 Å². The van der Waals surface area contributed by atoms with E-state index in [0.717, 1.165) is 5.69 Å². The fourth-order valence-corrected chi connectivity index (χ4v) is 2.28. The molecule has 0 saturated carbocycles. The summed E-state index contributed by atoms with van der Waals surface area (Å²) in [4.78, 5) is 13.9. The average molecular weight is 293 g/mol. The third-order valence-electron chi connectivity index (χ3n) is 3.20. The number of carbonyl (C=O) groups is 1. The Morgan fingerprint density at radius 3 is 2.52 bits per heavy atom. The van der Waals surface area contributed by atoms with E-state index in [0.29, 0.717) is 36.9 Å². The molecule has 0 atom stereocenters. The fraction of sp³-hybridized carbons (Fsp3) is 0.533. The van der Waals surface area contributed by atoms with Gasteiger partial charge in [0, 0.05) is 24.7 Å². The zero-order valence-electron chi connectivity index (χ0n) is 12.8. The molecule has 6 heteroatoms. The molecule has 0 saturated heterocycles. The van der Waals surface area contributed by atoms with Crippen molar-refractivity contribution in [3.8, 4) is 11.5 Å². The first-order chi connectivity index (χ1) is 10.0. The monoisotopic (exact) mass is 293 g/mol. The maximum absolute atomic E-state index is 11.9. The van der Waals surface area contributed by atoms with Gasteiger partial charge in [-0.3, -0.25) is 4.79 Å². The SMILES string of the molecule is CCN(CC(=O)NC(C)C)c1cc2c(cc1N)OCCO2. The highest BCUT2D eigenvalue weighted by Crippen LogP contribution is 2.38. The van der Waals surface area contributed by atoms with Gasteiger partial charge in [0.1, 0.15) is 13.2 Å². The molecule has 3 N–H and O–H groups in total. The number of hydrogen-bond acceptors (Lipinski definition) is 5.